The van der Waals surface area contributed by atoms with E-state index in [1.807, 2.05) is 35.7 Å². The van der Waals surface area contributed by atoms with Gasteiger partial charge in [0.2, 0.25) is 5.82 Å². The van der Waals surface area contributed by atoms with Crippen LogP contribution in [0.4, 0.5) is 0 Å². The third kappa shape index (κ3) is 3.66. The van der Waals surface area contributed by atoms with Gasteiger partial charge < -0.3 is 9.84 Å². The van der Waals surface area contributed by atoms with Gasteiger partial charge >= 0.3 is 0 Å². The van der Waals surface area contributed by atoms with Gasteiger partial charge in [0.05, 0.1) is 12.0 Å². The van der Waals surface area contributed by atoms with Crippen LogP contribution in [-0.4, -0.2) is 38.6 Å². The van der Waals surface area contributed by atoms with Gasteiger partial charge in [-0.2, -0.15) is 5.21 Å². The van der Waals surface area contributed by atoms with E-state index in [-0.39, 0.29) is 17.4 Å². The number of hydrogen-bond acceptors (Lipinski definition) is 7. The highest BCUT2D eigenvalue weighted by Gasteiger charge is 2.12. The molecule has 0 aliphatic carbocycles. The Balaban J connectivity index is 1.70. The molecule has 0 aliphatic heterocycles. The molecule has 0 fully saturated rings. The Hall–Kier alpha value is -3.00. The second-order valence-electron chi connectivity index (χ2n) is 4.97. The summed E-state index contributed by atoms with van der Waals surface area (Å²) < 4.78 is 5.13. The van der Waals surface area contributed by atoms with E-state index in [1.165, 1.54) is 11.3 Å². The molecule has 0 saturated heterocycles. The largest absolute Gasteiger partial charge is 0.504 e. The van der Waals surface area contributed by atoms with E-state index in [9.17, 15) is 9.90 Å². The number of carbonyl (C=O) groups is 1. The Kier molecular flexibility index (Phi) is 4.66. The highest BCUT2D eigenvalue weighted by molar-refractivity contribution is 7.12. The van der Waals surface area contributed by atoms with Crippen molar-refractivity contribution in [2.45, 2.75) is 6.42 Å². The molecule has 8 heteroatoms. The average molecular weight is 342 g/mol. The van der Waals surface area contributed by atoms with Crippen LogP contribution in [0.25, 0.3) is 5.76 Å². The van der Waals surface area contributed by atoms with Crippen molar-refractivity contribution < 1.29 is 14.6 Å². The average Bonchev–Trinajstić information content (AvgIpc) is 3.27. The third-order valence-electron chi connectivity index (χ3n) is 3.31. The van der Waals surface area contributed by atoms with Crippen LogP contribution < -0.4 is 4.74 Å². The highest BCUT2D eigenvalue weighted by Crippen LogP contribution is 2.21. The normalized spacial score (nSPS) is 11.5. The number of tetrazole rings is 1. The third-order valence-corrected chi connectivity index (χ3v) is 4.30. The number of hydrogen-bond donors (Lipinski definition) is 2. The van der Waals surface area contributed by atoms with E-state index in [0.29, 0.717) is 11.3 Å². The number of aromatic amines is 1. The van der Waals surface area contributed by atoms with Gasteiger partial charge in [-0.05, 0) is 46.3 Å². The van der Waals surface area contributed by atoms with E-state index in [0.717, 1.165) is 23.0 Å². The van der Waals surface area contributed by atoms with Crippen LogP contribution in [0.2, 0.25) is 0 Å². The predicted octanol–water partition coefficient (Wildman–Crippen LogP) is 2.64. The van der Waals surface area contributed by atoms with Crippen LogP contribution in [-0.2, 0) is 6.42 Å². The Morgan fingerprint density at radius 3 is 2.79 bits per heavy atom. The zero-order chi connectivity index (χ0) is 16.9. The Bertz CT molecular complexity index is 854. The number of thiophene rings is 1. The minimum Gasteiger partial charge on any atom is -0.504 e. The van der Waals surface area contributed by atoms with E-state index in [1.54, 1.807) is 7.11 Å². The lowest BCUT2D eigenvalue weighted by Gasteiger charge is -2.01. The summed E-state index contributed by atoms with van der Waals surface area (Å²) in [6.45, 7) is 0. The molecule has 2 aromatic heterocycles. The number of aromatic nitrogens is 4. The maximum absolute atomic E-state index is 12.2. The highest BCUT2D eigenvalue weighted by atomic mass is 32.1. The van der Waals surface area contributed by atoms with E-state index in [2.05, 4.69) is 20.6 Å². The first kappa shape index (κ1) is 15.9. The molecule has 7 nitrogen and oxygen atoms in total. The van der Waals surface area contributed by atoms with Crippen LogP contribution in [0.3, 0.4) is 0 Å². The molecule has 0 saturated carbocycles. The standard InChI is InChI=1S/C16H14N4O3S/c1-23-12-4-2-10(3-5-12)6-11-7-15(24-9-11)13(21)8-14(22)16-17-19-20-18-16/h2-5,7-9,22H,6H2,1H3,(H,17,18,19,20). The Morgan fingerprint density at radius 2 is 2.12 bits per heavy atom. The van der Waals surface area contributed by atoms with Gasteiger partial charge in [0.1, 0.15) is 5.75 Å². The molecule has 3 aromatic rings. The van der Waals surface area contributed by atoms with Crippen LogP contribution in [0.5, 0.6) is 5.75 Å². The van der Waals surface area contributed by atoms with Gasteiger partial charge in [0, 0.05) is 6.08 Å². The molecule has 24 heavy (non-hydrogen) atoms. The monoisotopic (exact) mass is 342 g/mol. The van der Waals surface area contributed by atoms with E-state index >= 15 is 0 Å². The van der Waals surface area contributed by atoms with Crippen LogP contribution in [0, 0.1) is 0 Å². The number of carbonyl (C=O) groups excluding carboxylic acids is 1. The summed E-state index contributed by atoms with van der Waals surface area (Å²) in [7, 11) is 1.63. The molecular formula is C16H14N4O3S. The van der Waals surface area contributed by atoms with Gasteiger partial charge in [-0.15, -0.1) is 21.5 Å². The number of aliphatic hydroxyl groups is 1. The van der Waals surface area contributed by atoms with Gasteiger partial charge in [-0.1, -0.05) is 12.1 Å². The lowest BCUT2D eigenvalue weighted by molar-refractivity contribution is 0.104. The maximum atomic E-state index is 12.2. The van der Waals surface area contributed by atoms with Gasteiger partial charge in [0.25, 0.3) is 0 Å². The summed E-state index contributed by atoms with van der Waals surface area (Å²) in [6.07, 6.45) is 1.81. The number of aliphatic hydroxyl groups excluding tert-OH is 1. The van der Waals surface area contributed by atoms with Crippen molar-refractivity contribution in [3.05, 3.63) is 63.6 Å². The topological polar surface area (TPSA) is 101 Å². The molecule has 0 amide bonds. The summed E-state index contributed by atoms with van der Waals surface area (Å²) in [5, 5.41) is 24.5. The number of ketones is 1. The van der Waals surface area contributed by atoms with Crippen molar-refractivity contribution in [1.82, 2.24) is 20.6 Å². The number of nitrogens with zero attached hydrogens (tertiary/aromatic N) is 3. The lowest BCUT2D eigenvalue weighted by atomic mass is 10.1. The predicted molar refractivity (Wildman–Crippen MR) is 89.2 cm³/mol. The molecule has 2 N–H and O–H groups in total. The van der Waals surface area contributed by atoms with Gasteiger partial charge in [-0.3, -0.25) is 4.79 Å². The van der Waals surface area contributed by atoms with Crippen LogP contribution >= 0.6 is 11.3 Å². The second kappa shape index (κ2) is 7.05. The Labute approximate surface area is 141 Å². The molecule has 2 heterocycles. The fourth-order valence-corrected chi connectivity index (χ4v) is 2.93. The molecule has 0 spiro atoms. The maximum Gasteiger partial charge on any atom is 0.239 e. The summed E-state index contributed by atoms with van der Waals surface area (Å²) in [6, 6.07) is 9.59. The number of nitrogens with one attached hydrogen (secondary N) is 1. The smallest absolute Gasteiger partial charge is 0.239 e. The van der Waals surface area contributed by atoms with Gasteiger partial charge in [-0.25, -0.2) is 0 Å². The van der Waals surface area contributed by atoms with Crippen LogP contribution in [0.15, 0.2) is 41.8 Å². The van der Waals surface area contributed by atoms with Crippen molar-refractivity contribution in [3.63, 3.8) is 0 Å². The number of allylic oxidation sites excluding steroid dienone is 1. The first-order valence-corrected chi connectivity index (χ1v) is 7.93. The van der Waals surface area contributed by atoms with E-state index < -0.39 is 0 Å². The second-order valence-corrected chi connectivity index (χ2v) is 5.88. The lowest BCUT2D eigenvalue weighted by Crippen LogP contribution is -1.95. The van der Waals surface area contributed by atoms with Crippen LogP contribution in [0.1, 0.15) is 26.6 Å². The summed E-state index contributed by atoms with van der Waals surface area (Å²) in [5.74, 6) is 0.169. The molecule has 0 radical (unpaired) electrons. The van der Waals surface area contributed by atoms with Crippen molar-refractivity contribution >= 4 is 22.9 Å². The van der Waals surface area contributed by atoms with Crippen molar-refractivity contribution in [2.75, 3.05) is 7.11 Å². The molecule has 0 aliphatic rings. The Morgan fingerprint density at radius 1 is 1.33 bits per heavy atom. The minimum atomic E-state index is -0.321. The number of ether oxygens (including phenoxy) is 1. The zero-order valence-corrected chi connectivity index (χ0v) is 13.6. The van der Waals surface area contributed by atoms with E-state index in [4.69, 9.17) is 4.74 Å². The fraction of sp³-hybridized carbons (Fsp3) is 0.125. The number of benzene rings is 1. The summed E-state index contributed by atoms with van der Waals surface area (Å²) in [4.78, 5) is 12.7. The quantitative estimate of drug-likeness (QED) is 0.406. The molecule has 0 atom stereocenters. The molecular weight excluding hydrogens is 328 g/mol. The fourth-order valence-electron chi connectivity index (χ4n) is 2.11. The zero-order valence-electron chi connectivity index (χ0n) is 12.8. The first-order valence-electron chi connectivity index (χ1n) is 7.05. The molecule has 122 valence electrons. The number of methoxy groups -OCH3 is 1. The molecule has 1 aromatic carbocycles. The number of H-pyrrole nitrogens is 1. The first-order chi connectivity index (χ1) is 11.7. The van der Waals surface area contributed by atoms with Gasteiger partial charge in [0.15, 0.2) is 11.5 Å². The van der Waals surface area contributed by atoms with Crippen molar-refractivity contribution in [1.29, 1.82) is 0 Å². The molecule has 3 rings (SSSR count). The minimum absolute atomic E-state index is 0.0154. The summed E-state index contributed by atoms with van der Waals surface area (Å²) in [5.41, 5.74) is 2.15. The SMILES string of the molecule is COc1ccc(Cc2csc(C(=O)C=C(O)c3nn[nH]n3)c2)cc1. The number of rotatable bonds is 6. The molecule has 0 unspecified atom stereocenters. The van der Waals surface area contributed by atoms with Crippen molar-refractivity contribution in [2.24, 2.45) is 0 Å². The van der Waals surface area contributed by atoms with Crippen molar-refractivity contribution in [3.8, 4) is 5.75 Å². The molecule has 0 bridgehead atoms. The summed E-state index contributed by atoms with van der Waals surface area (Å²) >= 11 is 1.33.